The summed E-state index contributed by atoms with van der Waals surface area (Å²) in [6, 6.07) is 6.84. The number of aromatic nitrogens is 3. The Labute approximate surface area is 148 Å². The molecule has 0 aliphatic rings. The average molecular weight is 359 g/mol. The number of anilines is 1. The topological polar surface area (TPSA) is 116 Å². The van der Waals surface area contributed by atoms with Crippen LogP contribution in [0.25, 0.3) is 11.4 Å². The van der Waals surface area contributed by atoms with E-state index in [1.807, 2.05) is 24.3 Å². The van der Waals surface area contributed by atoms with E-state index in [0.717, 1.165) is 22.6 Å². The molecule has 0 bridgehead atoms. The highest BCUT2D eigenvalue weighted by Crippen LogP contribution is 2.23. The molecule has 3 aromatic rings. The number of nitrogens with two attached hydrogens (primary N) is 1. The summed E-state index contributed by atoms with van der Waals surface area (Å²) in [6.45, 7) is 3.50. The van der Waals surface area contributed by atoms with Gasteiger partial charge < -0.3 is 20.3 Å². The van der Waals surface area contributed by atoms with Gasteiger partial charge in [-0.3, -0.25) is 4.79 Å². The van der Waals surface area contributed by atoms with Gasteiger partial charge in [-0.15, -0.1) is 0 Å². The SMILES string of the molecule is COc1ccc(-c2noc([C@@H](C)NC(=O)c3sc(N)nc3C)n2)cc1. The number of carbonyl (C=O) groups is 1. The summed E-state index contributed by atoms with van der Waals surface area (Å²) in [7, 11) is 1.60. The number of methoxy groups -OCH3 is 1. The van der Waals surface area contributed by atoms with Crippen LogP contribution in [0.15, 0.2) is 28.8 Å². The fourth-order valence-corrected chi connectivity index (χ4v) is 2.96. The average Bonchev–Trinajstić information content (AvgIpc) is 3.21. The first-order valence-electron chi connectivity index (χ1n) is 7.49. The summed E-state index contributed by atoms with van der Waals surface area (Å²) in [6.07, 6.45) is 0. The molecule has 9 heteroatoms. The van der Waals surface area contributed by atoms with Gasteiger partial charge in [0.25, 0.3) is 5.91 Å². The van der Waals surface area contributed by atoms with Crippen molar-refractivity contribution < 1.29 is 14.1 Å². The molecule has 2 aromatic heterocycles. The fraction of sp³-hybridized carbons (Fsp3) is 0.250. The van der Waals surface area contributed by atoms with Crippen LogP contribution in [0.5, 0.6) is 5.75 Å². The Bertz CT molecular complexity index is 888. The van der Waals surface area contributed by atoms with Gasteiger partial charge in [-0.05, 0) is 38.1 Å². The van der Waals surface area contributed by atoms with Crippen molar-refractivity contribution in [2.24, 2.45) is 0 Å². The molecule has 130 valence electrons. The number of ether oxygens (including phenoxy) is 1. The zero-order chi connectivity index (χ0) is 18.0. The highest BCUT2D eigenvalue weighted by Gasteiger charge is 2.21. The van der Waals surface area contributed by atoms with Crippen LogP contribution in [0.4, 0.5) is 5.13 Å². The van der Waals surface area contributed by atoms with Crippen molar-refractivity contribution in [2.75, 3.05) is 12.8 Å². The minimum Gasteiger partial charge on any atom is -0.497 e. The molecule has 0 unspecified atom stereocenters. The van der Waals surface area contributed by atoms with Crippen LogP contribution in [0.1, 0.15) is 34.2 Å². The van der Waals surface area contributed by atoms with Gasteiger partial charge in [0.1, 0.15) is 16.7 Å². The smallest absolute Gasteiger partial charge is 0.263 e. The molecule has 0 saturated heterocycles. The number of rotatable bonds is 5. The van der Waals surface area contributed by atoms with Crippen LogP contribution in [-0.4, -0.2) is 28.1 Å². The molecule has 1 atom stereocenters. The Morgan fingerprint density at radius 3 is 2.64 bits per heavy atom. The van der Waals surface area contributed by atoms with Gasteiger partial charge in [0, 0.05) is 5.56 Å². The highest BCUT2D eigenvalue weighted by molar-refractivity contribution is 7.17. The van der Waals surface area contributed by atoms with Crippen molar-refractivity contribution in [2.45, 2.75) is 19.9 Å². The molecule has 1 amide bonds. The zero-order valence-electron chi connectivity index (χ0n) is 13.9. The summed E-state index contributed by atoms with van der Waals surface area (Å²) in [5, 5.41) is 7.12. The molecule has 0 fully saturated rings. The normalized spacial score (nSPS) is 12.0. The molecule has 3 rings (SSSR count). The number of hydrogen-bond acceptors (Lipinski definition) is 8. The van der Waals surface area contributed by atoms with E-state index in [-0.39, 0.29) is 5.91 Å². The van der Waals surface area contributed by atoms with Crippen molar-refractivity contribution in [1.29, 1.82) is 0 Å². The number of benzene rings is 1. The summed E-state index contributed by atoms with van der Waals surface area (Å²) in [4.78, 5) is 21.2. The lowest BCUT2D eigenvalue weighted by Crippen LogP contribution is -2.26. The lowest BCUT2D eigenvalue weighted by molar-refractivity contribution is 0.0936. The minimum atomic E-state index is -0.449. The quantitative estimate of drug-likeness (QED) is 0.719. The number of carbonyl (C=O) groups excluding carboxylic acids is 1. The second kappa shape index (κ2) is 6.89. The molecule has 25 heavy (non-hydrogen) atoms. The van der Waals surface area contributed by atoms with E-state index >= 15 is 0 Å². The third-order valence-corrected chi connectivity index (χ3v) is 4.51. The van der Waals surface area contributed by atoms with Gasteiger partial charge in [0.05, 0.1) is 12.8 Å². The van der Waals surface area contributed by atoms with Crippen molar-refractivity contribution in [3.05, 3.63) is 40.7 Å². The van der Waals surface area contributed by atoms with Crippen molar-refractivity contribution in [3.63, 3.8) is 0 Å². The van der Waals surface area contributed by atoms with E-state index in [4.69, 9.17) is 15.0 Å². The van der Waals surface area contributed by atoms with Crippen LogP contribution in [0.2, 0.25) is 0 Å². The van der Waals surface area contributed by atoms with Crippen molar-refractivity contribution in [1.82, 2.24) is 20.4 Å². The number of hydrogen-bond donors (Lipinski definition) is 2. The van der Waals surface area contributed by atoms with Gasteiger partial charge >= 0.3 is 0 Å². The number of thiazole rings is 1. The minimum absolute atomic E-state index is 0.275. The number of nitrogens with one attached hydrogen (secondary N) is 1. The van der Waals surface area contributed by atoms with E-state index in [1.165, 1.54) is 0 Å². The second-order valence-electron chi connectivity index (χ2n) is 5.35. The van der Waals surface area contributed by atoms with E-state index in [9.17, 15) is 4.79 Å². The van der Waals surface area contributed by atoms with Gasteiger partial charge in [-0.1, -0.05) is 16.5 Å². The first kappa shape index (κ1) is 16.9. The van der Waals surface area contributed by atoms with Crippen molar-refractivity contribution in [3.8, 4) is 17.1 Å². The van der Waals surface area contributed by atoms with Crippen molar-refractivity contribution >= 4 is 22.4 Å². The number of amides is 1. The predicted molar refractivity (Wildman–Crippen MR) is 93.4 cm³/mol. The number of aryl methyl sites for hydroxylation is 1. The zero-order valence-corrected chi connectivity index (χ0v) is 14.8. The maximum absolute atomic E-state index is 12.3. The van der Waals surface area contributed by atoms with Crippen LogP contribution in [0.3, 0.4) is 0 Å². The predicted octanol–water partition coefficient (Wildman–Crippen LogP) is 2.58. The maximum Gasteiger partial charge on any atom is 0.263 e. The van der Waals surface area contributed by atoms with Gasteiger partial charge in [-0.25, -0.2) is 4.98 Å². The van der Waals surface area contributed by atoms with Gasteiger partial charge in [-0.2, -0.15) is 4.98 Å². The van der Waals surface area contributed by atoms with Crippen LogP contribution >= 0.6 is 11.3 Å². The maximum atomic E-state index is 12.3. The molecule has 0 spiro atoms. The Morgan fingerprint density at radius 1 is 1.32 bits per heavy atom. The molecule has 1 aromatic carbocycles. The first-order chi connectivity index (χ1) is 12.0. The second-order valence-corrected chi connectivity index (χ2v) is 6.38. The molecule has 0 saturated carbocycles. The molecule has 2 heterocycles. The summed E-state index contributed by atoms with van der Waals surface area (Å²) >= 11 is 1.14. The molecule has 3 N–H and O–H groups in total. The van der Waals surface area contributed by atoms with Crippen LogP contribution in [-0.2, 0) is 0 Å². The van der Waals surface area contributed by atoms with Gasteiger partial charge in [0.15, 0.2) is 5.13 Å². The Hall–Kier alpha value is -2.94. The van der Waals surface area contributed by atoms with Crippen LogP contribution in [0, 0.1) is 6.92 Å². The summed E-state index contributed by atoms with van der Waals surface area (Å²) in [5.74, 6) is 1.22. The largest absolute Gasteiger partial charge is 0.497 e. The monoisotopic (exact) mass is 359 g/mol. The first-order valence-corrected chi connectivity index (χ1v) is 8.31. The van der Waals surface area contributed by atoms with E-state index in [1.54, 1.807) is 21.0 Å². The molecular formula is C16H17N5O3S. The molecule has 8 nitrogen and oxygen atoms in total. The molecule has 0 radical (unpaired) electrons. The Morgan fingerprint density at radius 2 is 2.04 bits per heavy atom. The highest BCUT2D eigenvalue weighted by atomic mass is 32.1. The van der Waals surface area contributed by atoms with E-state index < -0.39 is 6.04 Å². The lowest BCUT2D eigenvalue weighted by Gasteiger charge is -2.08. The van der Waals surface area contributed by atoms with E-state index in [0.29, 0.717) is 27.4 Å². The standard InChI is InChI=1S/C16H17N5O3S/c1-8-12(25-16(17)19-8)14(22)18-9(2)15-20-13(21-24-15)10-4-6-11(23-3)7-5-10/h4-7,9H,1-3H3,(H2,17,19)(H,18,22)/t9-/m1/s1. The van der Waals surface area contributed by atoms with E-state index in [2.05, 4.69) is 20.4 Å². The van der Waals surface area contributed by atoms with Crippen LogP contribution < -0.4 is 15.8 Å². The van der Waals surface area contributed by atoms with Gasteiger partial charge in [0.2, 0.25) is 11.7 Å². The number of nitrogens with zero attached hydrogens (tertiary/aromatic N) is 3. The number of nitrogen functional groups attached to an aromatic ring is 1. The molecular weight excluding hydrogens is 342 g/mol. The summed E-state index contributed by atoms with van der Waals surface area (Å²) in [5.41, 5.74) is 7.01. The Kier molecular flexibility index (Phi) is 4.66. The Balaban J connectivity index is 1.72. The fourth-order valence-electron chi connectivity index (χ4n) is 2.22. The lowest BCUT2D eigenvalue weighted by atomic mass is 10.2. The third kappa shape index (κ3) is 3.61. The molecule has 0 aliphatic heterocycles. The third-order valence-electron chi connectivity index (χ3n) is 3.53. The summed E-state index contributed by atoms with van der Waals surface area (Å²) < 4.78 is 10.4. The molecule has 0 aliphatic carbocycles.